The SMILES string of the molecule is CCCCCCC(C)(C)c1cc(O)c2c(c1)OC(C)(C)[C@@H]1CC=C(C(=O)NC(Cc3ccc(O)cc3)C(=O)O)CC21. The topological polar surface area (TPSA) is 116 Å². The lowest BCUT2D eigenvalue weighted by atomic mass is 9.66. The van der Waals surface area contributed by atoms with E-state index in [4.69, 9.17) is 4.74 Å². The molecule has 222 valence electrons. The molecule has 2 aromatic rings. The van der Waals surface area contributed by atoms with E-state index in [0.717, 1.165) is 24.0 Å². The van der Waals surface area contributed by atoms with Crippen molar-refractivity contribution in [2.45, 2.75) is 109 Å². The van der Waals surface area contributed by atoms with E-state index >= 15 is 0 Å². The molecule has 41 heavy (non-hydrogen) atoms. The molecule has 4 rings (SSSR count). The van der Waals surface area contributed by atoms with Gasteiger partial charge >= 0.3 is 5.97 Å². The molecule has 4 N–H and O–H groups in total. The molecule has 0 radical (unpaired) electrons. The van der Waals surface area contributed by atoms with Crippen LogP contribution in [0.4, 0.5) is 0 Å². The number of nitrogens with one attached hydrogen (secondary N) is 1. The maximum Gasteiger partial charge on any atom is 0.326 e. The van der Waals surface area contributed by atoms with Gasteiger partial charge in [-0.3, -0.25) is 4.79 Å². The molecule has 1 aliphatic heterocycles. The van der Waals surface area contributed by atoms with Crippen LogP contribution in [0.3, 0.4) is 0 Å². The zero-order valence-corrected chi connectivity index (χ0v) is 25.0. The number of phenols is 2. The van der Waals surface area contributed by atoms with Crippen LogP contribution in [0.1, 0.15) is 102 Å². The average Bonchev–Trinajstić information content (AvgIpc) is 2.91. The van der Waals surface area contributed by atoms with Gasteiger partial charge in [0.05, 0.1) is 0 Å². The lowest BCUT2D eigenvalue weighted by Gasteiger charge is -2.47. The molecule has 0 fully saturated rings. The summed E-state index contributed by atoms with van der Waals surface area (Å²) in [5, 5.41) is 33.4. The number of benzene rings is 2. The van der Waals surface area contributed by atoms with E-state index in [-0.39, 0.29) is 35.2 Å². The number of carboxylic acids is 1. The van der Waals surface area contributed by atoms with Crippen molar-refractivity contribution >= 4 is 11.9 Å². The first-order valence-corrected chi connectivity index (χ1v) is 14.9. The van der Waals surface area contributed by atoms with Gasteiger partial charge in [-0.1, -0.05) is 64.7 Å². The first-order chi connectivity index (χ1) is 19.3. The Labute approximate surface area is 243 Å². The van der Waals surface area contributed by atoms with Crippen molar-refractivity contribution in [1.82, 2.24) is 5.32 Å². The van der Waals surface area contributed by atoms with E-state index in [1.54, 1.807) is 12.1 Å². The Morgan fingerprint density at radius 2 is 1.80 bits per heavy atom. The van der Waals surface area contributed by atoms with Crippen molar-refractivity contribution in [3.63, 3.8) is 0 Å². The summed E-state index contributed by atoms with van der Waals surface area (Å²) in [6, 6.07) is 9.11. The van der Waals surface area contributed by atoms with Crippen LogP contribution < -0.4 is 10.1 Å². The highest BCUT2D eigenvalue weighted by Gasteiger charge is 2.47. The van der Waals surface area contributed by atoms with Gasteiger partial charge in [0.25, 0.3) is 0 Å². The molecular formula is C34H45NO6. The lowest BCUT2D eigenvalue weighted by molar-refractivity contribution is -0.141. The molecule has 7 nitrogen and oxygen atoms in total. The summed E-state index contributed by atoms with van der Waals surface area (Å²) >= 11 is 0. The van der Waals surface area contributed by atoms with E-state index in [1.807, 2.05) is 12.1 Å². The van der Waals surface area contributed by atoms with Gasteiger partial charge in [-0.05, 0) is 73.9 Å². The van der Waals surface area contributed by atoms with Crippen LogP contribution in [0.2, 0.25) is 0 Å². The number of amides is 1. The molecule has 0 spiro atoms. The van der Waals surface area contributed by atoms with Gasteiger partial charge in [-0.25, -0.2) is 4.79 Å². The second-order valence-electron chi connectivity index (χ2n) is 12.9. The average molecular weight is 564 g/mol. The van der Waals surface area contributed by atoms with Crippen LogP contribution >= 0.6 is 0 Å². The van der Waals surface area contributed by atoms with Crippen molar-refractivity contribution in [2.24, 2.45) is 5.92 Å². The number of carbonyl (C=O) groups excluding carboxylic acids is 1. The number of fused-ring (bicyclic) bond motifs is 3. The van der Waals surface area contributed by atoms with Crippen LogP contribution in [-0.4, -0.2) is 38.8 Å². The normalized spacial score (nSPS) is 20.2. The fourth-order valence-electron chi connectivity index (χ4n) is 6.43. The Kier molecular flexibility index (Phi) is 9.05. The molecular weight excluding hydrogens is 518 g/mol. The third kappa shape index (κ3) is 6.88. The number of ether oxygens (including phenoxy) is 1. The van der Waals surface area contributed by atoms with Gasteiger partial charge in [0, 0.05) is 29.4 Å². The molecule has 2 unspecified atom stereocenters. The van der Waals surface area contributed by atoms with E-state index in [9.17, 15) is 24.9 Å². The maximum atomic E-state index is 13.3. The number of aliphatic carboxylic acids is 1. The molecule has 1 aliphatic carbocycles. The molecule has 1 heterocycles. The number of allylic oxidation sites excluding steroid dienone is 1. The molecule has 0 bridgehead atoms. The van der Waals surface area contributed by atoms with Gasteiger partial charge in [-0.2, -0.15) is 0 Å². The highest BCUT2D eigenvalue weighted by atomic mass is 16.5. The number of rotatable bonds is 11. The summed E-state index contributed by atoms with van der Waals surface area (Å²) in [7, 11) is 0. The minimum atomic E-state index is -1.12. The molecule has 0 saturated heterocycles. The molecule has 1 amide bonds. The predicted molar refractivity (Wildman–Crippen MR) is 160 cm³/mol. The fraction of sp³-hybridized carbons (Fsp3) is 0.529. The van der Waals surface area contributed by atoms with Crippen molar-refractivity contribution < 1.29 is 29.6 Å². The third-order valence-corrected chi connectivity index (χ3v) is 9.01. The molecule has 2 aromatic carbocycles. The summed E-state index contributed by atoms with van der Waals surface area (Å²) < 4.78 is 6.53. The number of hydrogen-bond acceptors (Lipinski definition) is 5. The van der Waals surface area contributed by atoms with E-state index in [2.05, 4.69) is 46.0 Å². The monoisotopic (exact) mass is 563 g/mol. The Balaban J connectivity index is 1.55. The van der Waals surface area contributed by atoms with Crippen LogP contribution in [0.5, 0.6) is 17.2 Å². The predicted octanol–water partition coefficient (Wildman–Crippen LogP) is 6.75. The smallest absolute Gasteiger partial charge is 0.326 e. The zero-order valence-electron chi connectivity index (χ0n) is 25.0. The summed E-state index contributed by atoms with van der Waals surface area (Å²) in [4.78, 5) is 25.3. The molecule has 7 heteroatoms. The van der Waals surface area contributed by atoms with Crippen LogP contribution in [0.15, 0.2) is 48.0 Å². The number of carboxylic acid groups (broad SMARTS) is 1. The van der Waals surface area contributed by atoms with Gasteiger partial charge in [-0.15, -0.1) is 0 Å². The fourth-order valence-corrected chi connectivity index (χ4v) is 6.43. The van der Waals surface area contributed by atoms with Crippen LogP contribution in [0.25, 0.3) is 0 Å². The number of unbranched alkanes of at least 4 members (excludes halogenated alkanes) is 3. The Morgan fingerprint density at radius 3 is 2.46 bits per heavy atom. The summed E-state index contributed by atoms with van der Waals surface area (Å²) in [5.74, 6) is -0.658. The van der Waals surface area contributed by atoms with Gasteiger partial charge in [0.2, 0.25) is 5.91 Å². The quantitative estimate of drug-likeness (QED) is 0.225. The first-order valence-electron chi connectivity index (χ1n) is 14.9. The van der Waals surface area contributed by atoms with Crippen molar-refractivity contribution in [3.05, 3.63) is 64.7 Å². The summed E-state index contributed by atoms with van der Waals surface area (Å²) in [6.07, 6.45) is 8.70. The highest BCUT2D eigenvalue weighted by molar-refractivity contribution is 5.96. The number of carbonyl (C=O) groups is 2. The minimum Gasteiger partial charge on any atom is -0.508 e. The molecule has 0 aromatic heterocycles. The minimum absolute atomic E-state index is 0.0534. The second-order valence-corrected chi connectivity index (χ2v) is 12.9. The molecule has 2 aliphatic rings. The Hall–Kier alpha value is -3.48. The van der Waals surface area contributed by atoms with Crippen LogP contribution in [0, 0.1) is 5.92 Å². The largest absolute Gasteiger partial charge is 0.508 e. The van der Waals surface area contributed by atoms with Crippen molar-refractivity contribution in [1.29, 1.82) is 0 Å². The van der Waals surface area contributed by atoms with Crippen molar-refractivity contribution in [3.8, 4) is 17.2 Å². The van der Waals surface area contributed by atoms with E-state index < -0.39 is 23.5 Å². The van der Waals surface area contributed by atoms with Gasteiger partial charge < -0.3 is 25.4 Å². The number of hydrogen-bond donors (Lipinski definition) is 4. The summed E-state index contributed by atoms with van der Waals surface area (Å²) in [5.41, 5.74) is 2.37. The van der Waals surface area contributed by atoms with Gasteiger partial charge in [0.15, 0.2) is 0 Å². The second kappa shape index (κ2) is 12.2. The van der Waals surface area contributed by atoms with E-state index in [1.165, 1.54) is 31.4 Å². The number of phenolic OH excluding ortho intramolecular Hbond substituents is 2. The van der Waals surface area contributed by atoms with Gasteiger partial charge in [0.1, 0.15) is 28.9 Å². The zero-order chi connectivity index (χ0) is 29.9. The van der Waals surface area contributed by atoms with Crippen molar-refractivity contribution in [2.75, 3.05) is 0 Å². The number of aromatic hydroxyl groups is 2. The Morgan fingerprint density at radius 1 is 1.10 bits per heavy atom. The highest BCUT2D eigenvalue weighted by Crippen LogP contribution is 2.55. The van der Waals surface area contributed by atoms with E-state index in [0.29, 0.717) is 29.7 Å². The molecule has 0 saturated carbocycles. The summed E-state index contributed by atoms with van der Waals surface area (Å²) in [6.45, 7) is 10.7. The first kappa shape index (κ1) is 30.5. The Bertz CT molecular complexity index is 1290. The van der Waals surface area contributed by atoms with Crippen LogP contribution in [-0.2, 0) is 21.4 Å². The standard InChI is InChI=1S/C34H45NO6/c1-6-7-8-9-16-33(2,3)23-19-28(37)30-25-18-22(12-15-26(25)34(4,5)41-29(30)20-23)31(38)35-27(32(39)40)17-21-10-13-24(36)14-11-21/h10-14,19-20,25-27,36-37H,6-9,15-18H2,1-5H3,(H,35,38)(H,39,40)/t25?,26-,27?/m1/s1. The third-order valence-electron chi connectivity index (χ3n) is 9.01. The lowest BCUT2D eigenvalue weighted by Crippen LogP contribution is -2.47. The molecule has 3 atom stereocenters. The maximum absolute atomic E-state index is 13.3.